The van der Waals surface area contributed by atoms with Crippen LogP contribution in [0.25, 0.3) is 0 Å². The number of carbonyl (C=O) groups excluding carboxylic acids is 1. The molecule has 1 amide bonds. The Morgan fingerprint density at radius 3 is 2.85 bits per heavy atom. The molecule has 104 valence electrons. The molecule has 1 heterocycles. The zero-order chi connectivity index (χ0) is 14.3. The van der Waals surface area contributed by atoms with Crippen molar-refractivity contribution in [3.05, 3.63) is 51.2 Å². The molecule has 0 radical (unpaired) electrons. The third-order valence-corrected chi connectivity index (χ3v) is 4.26. The van der Waals surface area contributed by atoms with Crippen molar-refractivity contribution in [3.8, 4) is 0 Å². The predicted octanol–water partition coefficient (Wildman–Crippen LogP) is 4.80. The summed E-state index contributed by atoms with van der Waals surface area (Å²) in [5.74, 6) is -0.130. The largest absolute Gasteiger partial charge is 0.339 e. The highest BCUT2D eigenvalue weighted by molar-refractivity contribution is 9.10. The predicted molar refractivity (Wildman–Crippen MR) is 84.5 cm³/mol. The Hall–Kier alpha value is -1.26. The van der Waals surface area contributed by atoms with Crippen LogP contribution in [-0.4, -0.2) is 10.5 Å². The second-order valence-electron chi connectivity index (χ2n) is 5.12. The average Bonchev–Trinajstić information content (AvgIpc) is 3.17. The number of halogens is 2. The minimum absolute atomic E-state index is 0.130. The van der Waals surface area contributed by atoms with Crippen LogP contribution in [0.15, 0.2) is 34.9 Å². The number of aryl methyl sites for hydroxylation is 1. The van der Waals surface area contributed by atoms with Crippen molar-refractivity contribution in [2.45, 2.75) is 25.8 Å². The average molecular weight is 354 g/mol. The molecule has 1 saturated carbocycles. The van der Waals surface area contributed by atoms with Gasteiger partial charge in [-0.1, -0.05) is 17.7 Å². The molecule has 0 atom stereocenters. The van der Waals surface area contributed by atoms with E-state index in [1.807, 2.05) is 35.9 Å². The molecule has 2 aromatic rings. The molecule has 5 heteroatoms. The van der Waals surface area contributed by atoms with Gasteiger partial charge in [-0.15, -0.1) is 0 Å². The summed E-state index contributed by atoms with van der Waals surface area (Å²) in [6.45, 7) is 1.99. The Morgan fingerprint density at radius 2 is 2.15 bits per heavy atom. The molecule has 0 unspecified atom stereocenters. The lowest BCUT2D eigenvalue weighted by atomic mass is 10.2. The lowest BCUT2D eigenvalue weighted by Crippen LogP contribution is -2.16. The maximum Gasteiger partial charge on any atom is 0.272 e. The molecule has 1 N–H and O–H groups in total. The van der Waals surface area contributed by atoms with Crippen molar-refractivity contribution < 1.29 is 4.79 Å². The van der Waals surface area contributed by atoms with Crippen molar-refractivity contribution in [3.63, 3.8) is 0 Å². The quantitative estimate of drug-likeness (QED) is 0.845. The number of carbonyl (C=O) groups is 1. The smallest absolute Gasteiger partial charge is 0.272 e. The second-order valence-corrected chi connectivity index (χ2v) is 6.41. The normalized spacial score (nSPS) is 14.3. The molecular formula is C15H14BrClN2O. The van der Waals surface area contributed by atoms with Gasteiger partial charge in [0.05, 0.1) is 10.7 Å². The van der Waals surface area contributed by atoms with Gasteiger partial charge in [0.2, 0.25) is 0 Å². The van der Waals surface area contributed by atoms with Crippen LogP contribution in [0.1, 0.15) is 34.9 Å². The van der Waals surface area contributed by atoms with Gasteiger partial charge < -0.3 is 9.88 Å². The zero-order valence-corrected chi connectivity index (χ0v) is 13.3. The molecule has 1 aromatic heterocycles. The summed E-state index contributed by atoms with van der Waals surface area (Å²) < 4.78 is 2.84. The first-order chi connectivity index (χ1) is 9.54. The van der Waals surface area contributed by atoms with Crippen LogP contribution in [0.4, 0.5) is 5.69 Å². The molecule has 3 nitrogen and oxygen atoms in total. The molecule has 1 fully saturated rings. The number of nitrogens with one attached hydrogen (secondary N) is 1. The molecule has 0 aliphatic heterocycles. The van der Waals surface area contributed by atoms with Crippen LogP contribution >= 0.6 is 27.5 Å². The summed E-state index contributed by atoms with van der Waals surface area (Å²) in [5, 5.41) is 3.54. The first-order valence-corrected chi connectivity index (χ1v) is 7.66. The maximum atomic E-state index is 12.4. The number of nitrogens with zero attached hydrogens (tertiary/aromatic N) is 1. The van der Waals surface area contributed by atoms with Crippen molar-refractivity contribution in [2.75, 3.05) is 5.32 Å². The fraction of sp³-hybridized carbons (Fsp3) is 0.267. The van der Waals surface area contributed by atoms with Gasteiger partial charge in [-0.25, -0.2) is 0 Å². The van der Waals surface area contributed by atoms with Gasteiger partial charge in [-0.2, -0.15) is 0 Å². The third kappa shape index (κ3) is 2.76. The van der Waals surface area contributed by atoms with Crippen LogP contribution in [0, 0.1) is 6.92 Å². The lowest BCUT2D eigenvalue weighted by Gasteiger charge is -2.10. The topological polar surface area (TPSA) is 34.0 Å². The number of amides is 1. The Bertz CT molecular complexity index is 677. The van der Waals surface area contributed by atoms with Crippen molar-refractivity contribution in [2.24, 2.45) is 0 Å². The highest BCUT2D eigenvalue weighted by Gasteiger charge is 2.28. The zero-order valence-electron chi connectivity index (χ0n) is 11.0. The molecule has 1 aromatic carbocycles. The summed E-state index contributed by atoms with van der Waals surface area (Å²) in [6.07, 6.45) is 4.05. The number of aromatic nitrogens is 1. The summed E-state index contributed by atoms with van der Waals surface area (Å²) in [6, 6.07) is 8.00. The second kappa shape index (κ2) is 5.26. The third-order valence-electron chi connectivity index (χ3n) is 3.36. The van der Waals surface area contributed by atoms with Gasteiger partial charge in [0, 0.05) is 16.7 Å². The Kier molecular flexibility index (Phi) is 3.61. The van der Waals surface area contributed by atoms with E-state index in [1.54, 1.807) is 6.07 Å². The molecule has 0 saturated heterocycles. The van der Waals surface area contributed by atoms with Crippen LogP contribution in [0.5, 0.6) is 0 Å². The van der Waals surface area contributed by atoms with Crippen LogP contribution in [0.3, 0.4) is 0 Å². The number of rotatable bonds is 3. The van der Waals surface area contributed by atoms with E-state index in [9.17, 15) is 4.79 Å². The van der Waals surface area contributed by atoms with Gasteiger partial charge in [0.25, 0.3) is 5.91 Å². The minimum Gasteiger partial charge on any atom is -0.339 e. The Labute approximate surface area is 131 Å². The fourth-order valence-electron chi connectivity index (χ4n) is 2.20. The van der Waals surface area contributed by atoms with E-state index in [4.69, 9.17) is 11.6 Å². The van der Waals surface area contributed by atoms with E-state index in [2.05, 4.69) is 21.2 Å². The summed E-state index contributed by atoms with van der Waals surface area (Å²) >= 11 is 9.48. The number of anilines is 1. The minimum atomic E-state index is -0.130. The molecule has 0 spiro atoms. The SMILES string of the molecule is Cc1ccc(Br)c(NC(=O)c2cc(Cl)cn2C2CC2)c1. The van der Waals surface area contributed by atoms with E-state index < -0.39 is 0 Å². The maximum absolute atomic E-state index is 12.4. The van der Waals surface area contributed by atoms with E-state index >= 15 is 0 Å². The highest BCUT2D eigenvalue weighted by atomic mass is 79.9. The van der Waals surface area contributed by atoms with Crippen molar-refractivity contribution >= 4 is 39.1 Å². The summed E-state index contributed by atoms with van der Waals surface area (Å²) in [7, 11) is 0. The van der Waals surface area contributed by atoms with Crippen molar-refractivity contribution in [1.29, 1.82) is 0 Å². The van der Waals surface area contributed by atoms with Crippen LogP contribution in [0.2, 0.25) is 5.02 Å². The van der Waals surface area contributed by atoms with E-state index in [0.717, 1.165) is 28.6 Å². The summed E-state index contributed by atoms with van der Waals surface area (Å²) in [4.78, 5) is 12.4. The molecule has 20 heavy (non-hydrogen) atoms. The molecular weight excluding hydrogens is 340 g/mol. The summed E-state index contributed by atoms with van der Waals surface area (Å²) in [5.41, 5.74) is 2.49. The number of hydrogen-bond acceptors (Lipinski definition) is 1. The van der Waals surface area contributed by atoms with Gasteiger partial charge in [-0.3, -0.25) is 4.79 Å². The van der Waals surface area contributed by atoms with Crippen molar-refractivity contribution in [1.82, 2.24) is 4.57 Å². The Balaban J connectivity index is 1.87. The standard InChI is InChI=1S/C15H14BrClN2O/c1-9-2-5-12(16)13(6-9)18-15(20)14-7-10(17)8-19(14)11-3-4-11/h2,5-8,11H,3-4H2,1H3,(H,18,20). The van der Waals surface area contributed by atoms with Crippen LogP contribution < -0.4 is 5.32 Å². The molecule has 1 aliphatic rings. The van der Waals surface area contributed by atoms with E-state index in [1.165, 1.54) is 0 Å². The van der Waals surface area contributed by atoms with E-state index in [0.29, 0.717) is 16.8 Å². The van der Waals surface area contributed by atoms with Gasteiger partial charge in [0.15, 0.2) is 0 Å². The lowest BCUT2D eigenvalue weighted by molar-refractivity contribution is 0.101. The number of hydrogen-bond donors (Lipinski definition) is 1. The fourth-order valence-corrected chi connectivity index (χ4v) is 2.76. The van der Waals surface area contributed by atoms with E-state index in [-0.39, 0.29) is 5.91 Å². The highest BCUT2D eigenvalue weighted by Crippen LogP contribution is 2.37. The van der Waals surface area contributed by atoms with Gasteiger partial charge in [-0.05, 0) is 59.5 Å². The number of benzene rings is 1. The van der Waals surface area contributed by atoms with Gasteiger partial charge in [0.1, 0.15) is 5.69 Å². The Morgan fingerprint density at radius 1 is 1.40 bits per heavy atom. The van der Waals surface area contributed by atoms with Gasteiger partial charge >= 0.3 is 0 Å². The molecule has 1 aliphatic carbocycles. The molecule has 3 rings (SSSR count). The van der Waals surface area contributed by atoms with Crippen LogP contribution in [-0.2, 0) is 0 Å². The first-order valence-electron chi connectivity index (χ1n) is 6.49. The monoisotopic (exact) mass is 352 g/mol. The molecule has 0 bridgehead atoms. The first kappa shape index (κ1) is 13.7.